The summed E-state index contributed by atoms with van der Waals surface area (Å²) in [5.74, 6) is 1.82. The van der Waals surface area contributed by atoms with Crippen molar-refractivity contribution in [3.63, 3.8) is 0 Å². The van der Waals surface area contributed by atoms with Crippen molar-refractivity contribution < 1.29 is 4.74 Å². The third kappa shape index (κ3) is 4.14. The van der Waals surface area contributed by atoms with E-state index < -0.39 is 0 Å². The Hall–Kier alpha value is -0.850. The number of thiophene rings is 1. The summed E-state index contributed by atoms with van der Waals surface area (Å²) in [5, 5.41) is 10.0. The first-order valence-corrected chi connectivity index (χ1v) is 7.39. The van der Waals surface area contributed by atoms with Crippen molar-refractivity contribution in [2.75, 3.05) is 19.0 Å². The first-order chi connectivity index (χ1) is 8.38. The van der Waals surface area contributed by atoms with Crippen LogP contribution >= 0.6 is 23.1 Å². The molecule has 2 rings (SSSR count). The van der Waals surface area contributed by atoms with Gasteiger partial charge in [-0.3, -0.25) is 5.10 Å². The average molecular weight is 269 g/mol. The Morgan fingerprint density at radius 3 is 3.24 bits per heavy atom. The first-order valence-electron chi connectivity index (χ1n) is 5.52. The van der Waals surface area contributed by atoms with E-state index >= 15 is 0 Å². The molecule has 0 aromatic carbocycles. The summed E-state index contributed by atoms with van der Waals surface area (Å²) in [6.45, 7) is 3.50. The largest absolute Gasteiger partial charge is 0.381 e. The van der Waals surface area contributed by atoms with Crippen molar-refractivity contribution in [3.8, 4) is 0 Å². The molecule has 0 fully saturated rings. The molecule has 6 heteroatoms. The Bertz CT molecular complexity index is 428. The summed E-state index contributed by atoms with van der Waals surface area (Å²) in [4.78, 5) is 5.73. The van der Waals surface area contributed by atoms with Gasteiger partial charge in [0.05, 0.1) is 6.61 Å². The zero-order valence-electron chi connectivity index (χ0n) is 9.68. The maximum absolute atomic E-state index is 5.26. The maximum atomic E-state index is 5.26. The van der Waals surface area contributed by atoms with Crippen LogP contribution in [0.3, 0.4) is 0 Å². The number of rotatable bonds is 7. The molecule has 4 nitrogen and oxygen atoms in total. The van der Waals surface area contributed by atoms with Crippen molar-refractivity contribution in [2.24, 2.45) is 0 Å². The lowest BCUT2D eigenvalue weighted by atomic mass is 10.3. The molecule has 2 aromatic heterocycles. The van der Waals surface area contributed by atoms with Gasteiger partial charge in [-0.15, -0.1) is 16.4 Å². The number of nitrogens with one attached hydrogen (secondary N) is 1. The molecule has 17 heavy (non-hydrogen) atoms. The quantitative estimate of drug-likeness (QED) is 0.620. The Morgan fingerprint density at radius 1 is 1.53 bits per heavy atom. The lowest BCUT2D eigenvalue weighted by molar-refractivity contribution is 0.164. The Kier molecular flexibility index (Phi) is 5.03. The lowest BCUT2D eigenvalue weighted by Gasteiger charge is -1.97. The highest BCUT2D eigenvalue weighted by Crippen LogP contribution is 2.15. The van der Waals surface area contributed by atoms with E-state index in [1.165, 1.54) is 4.88 Å². The van der Waals surface area contributed by atoms with E-state index in [0.717, 1.165) is 36.4 Å². The second-order valence-corrected chi connectivity index (χ2v) is 5.46. The Balaban J connectivity index is 1.79. The van der Waals surface area contributed by atoms with E-state index in [2.05, 4.69) is 26.6 Å². The predicted octanol–water partition coefficient (Wildman–Crippen LogP) is 2.59. The predicted molar refractivity (Wildman–Crippen MR) is 70.7 cm³/mol. The highest BCUT2D eigenvalue weighted by molar-refractivity contribution is 7.99. The molecule has 0 bridgehead atoms. The molecule has 1 N–H and O–H groups in total. The number of hydrogen-bond acceptors (Lipinski definition) is 5. The topological polar surface area (TPSA) is 50.8 Å². The molecule has 0 unspecified atom stereocenters. The number of aromatic nitrogens is 3. The van der Waals surface area contributed by atoms with E-state index in [1.54, 1.807) is 23.1 Å². The van der Waals surface area contributed by atoms with Gasteiger partial charge in [0.2, 0.25) is 5.16 Å². The van der Waals surface area contributed by atoms with Gasteiger partial charge < -0.3 is 4.74 Å². The molecule has 2 aromatic rings. The fraction of sp³-hybridized carbons (Fsp3) is 0.455. The van der Waals surface area contributed by atoms with Gasteiger partial charge in [-0.2, -0.15) is 0 Å². The van der Waals surface area contributed by atoms with Crippen molar-refractivity contribution in [1.29, 1.82) is 0 Å². The third-order valence-electron chi connectivity index (χ3n) is 2.10. The van der Waals surface area contributed by atoms with E-state index in [-0.39, 0.29) is 0 Å². The van der Waals surface area contributed by atoms with E-state index in [1.807, 2.05) is 13.0 Å². The van der Waals surface area contributed by atoms with Gasteiger partial charge in [0, 0.05) is 23.7 Å². The second kappa shape index (κ2) is 6.78. The van der Waals surface area contributed by atoms with Crippen molar-refractivity contribution in [1.82, 2.24) is 15.2 Å². The van der Waals surface area contributed by atoms with Gasteiger partial charge in [0.25, 0.3) is 0 Å². The summed E-state index contributed by atoms with van der Waals surface area (Å²) in [5.41, 5.74) is 0. The van der Waals surface area contributed by atoms with Crippen LogP contribution < -0.4 is 0 Å². The molecule has 0 aliphatic heterocycles. The van der Waals surface area contributed by atoms with Gasteiger partial charge >= 0.3 is 0 Å². The number of thioether (sulfide) groups is 1. The molecule has 0 spiro atoms. The molecule has 0 aliphatic carbocycles. The summed E-state index contributed by atoms with van der Waals surface area (Å²) >= 11 is 3.36. The van der Waals surface area contributed by atoms with Gasteiger partial charge in [-0.1, -0.05) is 17.8 Å². The van der Waals surface area contributed by atoms with Gasteiger partial charge in [0.15, 0.2) is 0 Å². The smallest absolute Gasteiger partial charge is 0.208 e. The SMILES string of the molecule is CCOCCSc1n[nH]c(Cc2cccs2)n1. The zero-order valence-corrected chi connectivity index (χ0v) is 11.3. The minimum atomic E-state index is 0.746. The Labute approximate surface area is 109 Å². The normalized spacial score (nSPS) is 10.9. The van der Waals surface area contributed by atoms with Gasteiger partial charge in [-0.05, 0) is 18.4 Å². The molecule has 0 amide bonds. The summed E-state index contributed by atoms with van der Waals surface area (Å²) in [6.07, 6.45) is 0.830. The fourth-order valence-corrected chi connectivity index (χ4v) is 2.71. The number of ether oxygens (including phenoxy) is 1. The van der Waals surface area contributed by atoms with Crippen molar-refractivity contribution >= 4 is 23.1 Å². The van der Waals surface area contributed by atoms with Crippen LogP contribution in [-0.2, 0) is 11.2 Å². The van der Waals surface area contributed by atoms with Crippen LogP contribution in [0, 0.1) is 0 Å². The molecular weight excluding hydrogens is 254 g/mol. The minimum absolute atomic E-state index is 0.746. The highest BCUT2D eigenvalue weighted by atomic mass is 32.2. The van der Waals surface area contributed by atoms with Crippen LogP contribution in [0.15, 0.2) is 22.7 Å². The van der Waals surface area contributed by atoms with E-state index in [9.17, 15) is 0 Å². The Morgan fingerprint density at radius 2 is 2.47 bits per heavy atom. The third-order valence-corrected chi connectivity index (χ3v) is 3.78. The van der Waals surface area contributed by atoms with Crippen LogP contribution in [0.5, 0.6) is 0 Å². The average Bonchev–Trinajstić information content (AvgIpc) is 2.97. The minimum Gasteiger partial charge on any atom is -0.381 e. The van der Waals surface area contributed by atoms with Crippen LogP contribution in [0.25, 0.3) is 0 Å². The maximum Gasteiger partial charge on any atom is 0.208 e. The number of H-pyrrole nitrogens is 1. The summed E-state index contributed by atoms with van der Waals surface area (Å²) < 4.78 is 5.26. The lowest BCUT2D eigenvalue weighted by Crippen LogP contribution is -1.96. The molecule has 2 heterocycles. The zero-order chi connectivity index (χ0) is 11.9. The number of aromatic amines is 1. The molecule has 0 atom stereocenters. The standard InChI is InChI=1S/C11H15N3OS2/c1-2-15-5-7-17-11-12-10(13-14-11)8-9-4-3-6-16-9/h3-4,6H,2,5,7-8H2,1H3,(H,12,13,14). The van der Waals surface area contributed by atoms with Crippen LogP contribution in [-0.4, -0.2) is 34.1 Å². The molecule has 0 saturated carbocycles. The first kappa shape index (κ1) is 12.6. The van der Waals surface area contributed by atoms with Gasteiger partial charge in [0.1, 0.15) is 5.82 Å². The molecular formula is C11H15N3OS2. The number of nitrogens with zero attached hydrogens (tertiary/aromatic N) is 2. The molecule has 92 valence electrons. The highest BCUT2D eigenvalue weighted by Gasteiger charge is 2.05. The molecule has 0 radical (unpaired) electrons. The molecule has 0 aliphatic rings. The summed E-state index contributed by atoms with van der Waals surface area (Å²) in [6, 6.07) is 4.16. The van der Waals surface area contributed by atoms with Gasteiger partial charge in [-0.25, -0.2) is 4.98 Å². The van der Waals surface area contributed by atoms with Crippen molar-refractivity contribution in [2.45, 2.75) is 18.5 Å². The van der Waals surface area contributed by atoms with Crippen LogP contribution in [0.1, 0.15) is 17.6 Å². The van der Waals surface area contributed by atoms with E-state index in [0.29, 0.717) is 0 Å². The number of hydrogen-bond donors (Lipinski definition) is 1. The second-order valence-electron chi connectivity index (χ2n) is 3.37. The summed E-state index contributed by atoms with van der Waals surface area (Å²) in [7, 11) is 0. The van der Waals surface area contributed by atoms with Crippen molar-refractivity contribution in [3.05, 3.63) is 28.2 Å². The van der Waals surface area contributed by atoms with Crippen LogP contribution in [0.2, 0.25) is 0 Å². The fourth-order valence-electron chi connectivity index (χ4n) is 1.34. The monoisotopic (exact) mass is 269 g/mol. The van der Waals surface area contributed by atoms with E-state index in [4.69, 9.17) is 4.74 Å². The molecule has 0 saturated heterocycles. The van der Waals surface area contributed by atoms with Crippen LogP contribution in [0.4, 0.5) is 0 Å².